The smallest absolute Gasteiger partial charge is 0.119 e. The number of hydrogen-bond donors (Lipinski definition) is 0. The Balaban J connectivity index is 2.28. The van der Waals surface area contributed by atoms with Crippen molar-refractivity contribution >= 4 is 11.8 Å². The van der Waals surface area contributed by atoms with Crippen molar-refractivity contribution in [2.24, 2.45) is 0 Å². The first kappa shape index (κ1) is 11.6. The lowest BCUT2D eigenvalue weighted by atomic mass is 10.2. The van der Waals surface area contributed by atoms with Crippen molar-refractivity contribution in [1.29, 1.82) is 5.26 Å². The van der Waals surface area contributed by atoms with Gasteiger partial charge in [-0.05, 0) is 30.3 Å². The van der Waals surface area contributed by atoms with Gasteiger partial charge in [0.05, 0.1) is 12.7 Å². The van der Waals surface area contributed by atoms with Crippen LogP contribution in [0.2, 0.25) is 0 Å². The summed E-state index contributed by atoms with van der Waals surface area (Å²) in [7, 11) is 1.65. The van der Waals surface area contributed by atoms with Crippen molar-refractivity contribution in [3.63, 3.8) is 0 Å². The Bertz CT molecular complexity index is 560. The van der Waals surface area contributed by atoms with Gasteiger partial charge in [-0.3, -0.25) is 0 Å². The summed E-state index contributed by atoms with van der Waals surface area (Å²) in [6.07, 6.45) is 0. The number of nitriles is 1. The standard InChI is InChI=1S/C14H11NOS/c1-16-12-6-4-7-13(9-12)17-14-8-3-2-5-11(14)10-15/h2-9H,1H3. The van der Waals surface area contributed by atoms with E-state index in [1.54, 1.807) is 18.9 Å². The third-order valence-electron chi connectivity index (χ3n) is 2.28. The van der Waals surface area contributed by atoms with Crippen LogP contribution in [-0.2, 0) is 0 Å². The summed E-state index contributed by atoms with van der Waals surface area (Å²) in [5.74, 6) is 0.824. The lowest BCUT2D eigenvalue weighted by Crippen LogP contribution is -1.83. The van der Waals surface area contributed by atoms with Crippen molar-refractivity contribution in [3.8, 4) is 11.8 Å². The van der Waals surface area contributed by atoms with Gasteiger partial charge in [-0.15, -0.1) is 0 Å². The molecule has 17 heavy (non-hydrogen) atoms. The number of nitrogens with zero attached hydrogens (tertiary/aromatic N) is 1. The van der Waals surface area contributed by atoms with Gasteiger partial charge in [-0.2, -0.15) is 5.26 Å². The molecule has 0 aliphatic rings. The van der Waals surface area contributed by atoms with Gasteiger partial charge < -0.3 is 4.74 Å². The van der Waals surface area contributed by atoms with Crippen LogP contribution in [0.4, 0.5) is 0 Å². The van der Waals surface area contributed by atoms with Crippen molar-refractivity contribution < 1.29 is 4.74 Å². The summed E-state index contributed by atoms with van der Waals surface area (Å²) in [5, 5.41) is 9.01. The van der Waals surface area contributed by atoms with Crippen LogP contribution in [-0.4, -0.2) is 7.11 Å². The largest absolute Gasteiger partial charge is 0.497 e. The fourth-order valence-electron chi connectivity index (χ4n) is 1.44. The Kier molecular flexibility index (Phi) is 3.69. The first-order chi connectivity index (χ1) is 8.33. The van der Waals surface area contributed by atoms with E-state index in [4.69, 9.17) is 10.00 Å². The number of rotatable bonds is 3. The number of hydrogen-bond acceptors (Lipinski definition) is 3. The van der Waals surface area contributed by atoms with E-state index in [9.17, 15) is 0 Å². The molecular weight excluding hydrogens is 230 g/mol. The molecule has 2 nitrogen and oxygen atoms in total. The van der Waals surface area contributed by atoms with Crippen LogP contribution in [0.15, 0.2) is 58.3 Å². The van der Waals surface area contributed by atoms with Crippen LogP contribution in [0.25, 0.3) is 0 Å². The highest BCUT2D eigenvalue weighted by Gasteiger charge is 2.03. The summed E-state index contributed by atoms with van der Waals surface area (Å²) in [6.45, 7) is 0. The van der Waals surface area contributed by atoms with E-state index in [0.29, 0.717) is 5.56 Å². The van der Waals surface area contributed by atoms with Crippen molar-refractivity contribution in [3.05, 3.63) is 54.1 Å². The average Bonchev–Trinajstić information content (AvgIpc) is 2.39. The lowest BCUT2D eigenvalue weighted by Gasteiger charge is -2.05. The summed E-state index contributed by atoms with van der Waals surface area (Å²) in [6, 6.07) is 17.6. The molecule has 0 aromatic heterocycles. The van der Waals surface area contributed by atoms with E-state index in [1.165, 1.54) is 0 Å². The van der Waals surface area contributed by atoms with Gasteiger partial charge in [-0.25, -0.2) is 0 Å². The molecule has 2 aromatic rings. The molecule has 0 heterocycles. The average molecular weight is 241 g/mol. The normalized spacial score (nSPS) is 9.65. The molecule has 0 aliphatic heterocycles. The van der Waals surface area contributed by atoms with Crippen molar-refractivity contribution in [2.45, 2.75) is 9.79 Å². The quantitative estimate of drug-likeness (QED) is 0.821. The van der Waals surface area contributed by atoms with E-state index in [1.807, 2.05) is 48.5 Å². The molecular formula is C14H11NOS. The lowest BCUT2D eigenvalue weighted by molar-refractivity contribution is 0.413. The van der Waals surface area contributed by atoms with E-state index < -0.39 is 0 Å². The van der Waals surface area contributed by atoms with Crippen LogP contribution < -0.4 is 4.74 Å². The second kappa shape index (κ2) is 5.42. The summed E-state index contributed by atoms with van der Waals surface area (Å²) >= 11 is 1.57. The maximum Gasteiger partial charge on any atom is 0.119 e. The molecule has 0 spiro atoms. The predicted octanol–water partition coefficient (Wildman–Crippen LogP) is 3.72. The van der Waals surface area contributed by atoms with Gasteiger partial charge in [0.2, 0.25) is 0 Å². The van der Waals surface area contributed by atoms with E-state index in [2.05, 4.69) is 6.07 Å². The van der Waals surface area contributed by atoms with Gasteiger partial charge in [-0.1, -0.05) is 30.0 Å². The second-order valence-corrected chi connectivity index (χ2v) is 4.50. The highest BCUT2D eigenvalue weighted by Crippen LogP contribution is 2.31. The van der Waals surface area contributed by atoms with Crippen LogP contribution in [0.5, 0.6) is 5.75 Å². The molecule has 0 amide bonds. The minimum Gasteiger partial charge on any atom is -0.497 e. The summed E-state index contributed by atoms with van der Waals surface area (Å²) < 4.78 is 5.17. The Morgan fingerprint density at radius 2 is 1.94 bits per heavy atom. The maximum atomic E-state index is 9.01. The van der Waals surface area contributed by atoms with Crippen LogP contribution in [0.3, 0.4) is 0 Å². The Hall–Kier alpha value is -1.92. The van der Waals surface area contributed by atoms with Gasteiger partial charge in [0.1, 0.15) is 11.8 Å². The molecule has 0 aliphatic carbocycles. The zero-order valence-corrected chi connectivity index (χ0v) is 10.2. The van der Waals surface area contributed by atoms with Crippen LogP contribution in [0, 0.1) is 11.3 Å². The maximum absolute atomic E-state index is 9.01. The Morgan fingerprint density at radius 3 is 2.71 bits per heavy atom. The monoisotopic (exact) mass is 241 g/mol. The fraction of sp³-hybridized carbons (Fsp3) is 0.0714. The zero-order valence-electron chi connectivity index (χ0n) is 9.38. The highest BCUT2D eigenvalue weighted by molar-refractivity contribution is 7.99. The molecule has 2 rings (SSSR count). The van der Waals surface area contributed by atoms with Crippen LogP contribution >= 0.6 is 11.8 Å². The molecule has 0 saturated carbocycles. The third-order valence-corrected chi connectivity index (χ3v) is 3.34. The molecule has 0 radical (unpaired) electrons. The minimum absolute atomic E-state index is 0.695. The van der Waals surface area contributed by atoms with Gasteiger partial charge in [0, 0.05) is 9.79 Å². The SMILES string of the molecule is COc1cccc(Sc2ccccc2C#N)c1. The minimum atomic E-state index is 0.695. The molecule has 0 saturated heterocycles. The number of ether oxygens (including phenoxy) is 1. The van der Waals surface area contributed by atoms with Crippen molar-refractivity contribution in [1.82, 2.24) is 0 Å². The molecule has 3 heteroatoms. The molecule has 0 N–H and O–H groups in total. The first-order valence-electron chi connectivity index (χ1n) is 5.14. The number of methoxy groups -OCH3 is 1. The third kappa shape index (κ3) is 2.80. The first-order valence-corrected chi connectivity index (χ1v) is 5.96. The summed E-state index contributed by atoms with van der Waals surface area (Å²) in [4.78, 5) is 2.02. The van der Waals surface area contributed by atoms with Gasteiger partial charge >= 0.3 is 0 Å². The van der Waals surface area contributed by atoms with E-state index in [-0.39, 0.29) is 0 Å². The second-order valence-electron chi connectivity index (χ2n) is 3.39. The van der Waals surface area contributed by atoms with Gasteiger partial charge in [0.15, 0.2) is 0 Å². The van der Waals surface area contributed by atoms with E-state index >= 15 is 0 Å². The predicted molar refractivity (Wildman–Crippen MR) is 68.3 cm³/mol. The topological polar surface area (TPSA) is 33.0 Å². The van der Waals surface area contributed by atoms with Crippen LogP contribution in [0.1, 0.15) is 5.56 Å². The fourth-order valence-corrected chi connectivity index (χ4v) is 2.39. The zero-order chi connectivity index (χ0) is 12.1. The molecule has 2 aromatic carbocycles. The molecule has 84 valence electrons. The molecule has 0 fully saturated rings. The Labute approximate surface area is 105 Å². The van der Waals surface area contributed by atoms with Gasteiger partial charge in [0.25, 0.3) is 0 Å². The summed E-state index contributed by atoms with van der Waals surface area (Å²) in [5.41, 5.74) is 0.695. The highest BCUT2D eigenvalue weighted by atomic mass is 32.2. The Morgan fingerprint density at radius 1 is 1.12 bits per heavy atom. The molecule has 0 atom stereocenters. The molecule has 0 bridgehead atoms. The number of benzene rings is 2. The van der Waals surface area contributed by atoms with E-state index in [0.717, 1.165) is 15.5 Å². The molecule has 0 unspecified atom stereocenters. The van der Waals surface area contributed by atoms with Crippen molar-refractivity contribution in [2.75, 3.05) is 7.11 Å².